The average molecular weight is 480 g/mol. The summed E-state index contributed by atoms with van der Waals surface area (Å²) in [5.41, 5.74) is 3.26. The summed E-state index contributed by atoms with van der Waals surface area (Å²) in [6.45, 7) is 7.23. The van der Waals surface area contributed by atoms with Crippen molar-refractivity contribution in [3.63, 3.8) is 0 Å². The molecule has 1 aliphatic heterocycles. The van der Waals surface area contributed by atoms with Crippen LogP contribution >= 0.6 is 0 Å². The molecule has 3 aromatic rings. The number of nitrogens with zero attached hydrogens (tertiary/aromatic N) is 2. The molecule has 35 heavy (non-hydrogen) atoms. The topological polar surface area (TPSA) is 82.2 Å². The van der Waals surface area contributed by atoms with E-state index >= 15 is 0 Å². The molecule has 1 aromatic heterocycles. The lowest BCUT2D eigenvalue weighted by molar-refractivity contribution is 0.131. The van der Waals surface area contributed by atoms with Gasteiger partial charge in [0.05, 0.1) is 19.7 Å². The van der Waals surface area contributed by atoms with E-state index in [1.54, 1.807) is 20.4 Å². The molecule has 0 aliphatic carbocycles. The van der Waals surface area contributed by atoms with Crippen molar-refractivity contribution in [1.29, 1.82) is 0 Å². The largest absolute Gasteiger partial charge is 0.493 e. The second kappa shape index (κ2) is 11.3. The molecule has 2 aromatic carbocycles. The first-order valence-corrected chi connectivity index (χ1v) is 11.9. The normalized spacial score (nSPS) is 13.9. The van der Waals surface area contributed by atoms with E-state index < -0.39 is 6.09 Å². The Labute approximate surface area is 206 Å². The summed E-state index contributed by atoms with van der Waals surface area (Å²) in [5, 5.41) is 3.67. The molecule has 8 nitrogen and oxygen atoms in total. The van der Waals surface area contributed by atoms with Crippen molar-refractivity contribution in [2.75, 3.05) is 45.8 Å². The number of nitrogens with one attached hydrogen (secondary N) is 1. The van der Waals surface area contributed by atoms with Crippen molar-refractivity contribution in [3.8, 4) is 23.0 Å². The van der Waals surface area contributed by atoms with Crippen molar-refractivity contribution in [1.82, 2.24) is 9.88 Å². The Morgan fingerprint density at radius 3 is 2.43 bits per heavy atom. The molecule has 0 bridgehead atoms. The van der Waals surface area contributed by atoms with Gasteiger partial charge in [0.1, 0.15) is 18.1 Å². The molecule has 1 fully saturated rings. The Hall–Kier alpha value is -3.52. The molecule has 4 rings (SSSR count). The molecule has 2 heterocycles. The zero-order valence-corrected chi connectivity index (χ0v) is 20.8. The quantitative estimate of drug-likeness (QED) is 0.444. The lowest BCUT2D eigenvalue weighted by atomic mass is 10.1. The van der Waals surface area contributed by atoms with Crippen molar-refractivity contribution in [3.05, 3.63) is 47.7 Å². The van der Waals surface area contributed by atoms with Gasteiger partial charge in [-0.2, -0.15) is 0 Å². The number of fused-ring (bicyclic) bond motifs is 1. The standard InChI is InChI=1S/C27H33N3O5/c1-18-19(2)23(9-8-21(18)29-27(31)34-15-14-30-12-6-5-7-13-30)35-24-10-11-28-22-17-26(33-4)25(32-3)16-20(22)24/h8-11,16-17H,5-7,12-15H2,1-4H3,(H,29,31). The van der Waals surface area contributed by atoms with Crippen LogP contribution in [0.1, 0.15) is 30.4 Å². The van der Waals surface area contributed by atoms with Gasteiger partial charge in [0.2, 0.25) is 0 Å². The zero-order chi connectivity index (χ0) is 24.8. The number of amides is 1. The predicted octanol–water partition coefficient (Wildman–Crippen LogP) is 5.70. The second-order valence-corrected chi connectivity index (χ2v) is 8.66. The number of carbonyl (C=O) groups is 1. The lowest BCUT2D eigenvalue weighted by Crippen LogP contribution is -2.33. The summed E-state index contributed by atoms with van der Waals surface area (Å²) in [6, 6.07) is 9.17. The van der Waals surface area contributed by atoms with Gasteiger partial charge in [-0.15, -0.1) is 0 Å². The van der Waals surface area contributed by atoms with Crippen molar-refractivity contribution < 1.29 is 23.7 Å². The summed E-state index contributed by atoms with van der Waals surface area (Å²) in [5.74, 6) is 2.55. The van der Waals surface area contributed by atoms with Gasteiger partial charge in [0.25, 0.3) is 0 Å². The molecule has 0 radical (unpaired) electrons. The molecule has 0 unspecified atom stereocenters. The zero-order valence-electron chi connectivity index (χ0n) is 20.8. The van der Waals surface area contributed by atoms with Crippen molar-refractivity contribution >= 4 is 22.7 Å². The highest BCUT2D eigenvalue weighted by molar-refractivity contribution is 5.89. The van der Waals surface area contributed by atoms with E-state index in [1.165, 1.54) is 19.3 Å². The summed E-state index contributed by atoms with van der Waals surface area (Å²) in [4.78, 5) is 19.1. The number of hydrogen-bond acceptors (Lipinski definition) is 7. The van der Waals surface area contributed by atoms with Gasteiger partial charge < -0.3 is 18.9 Å². The molecular weight excluding hydrogens is 446 g/mol. The van der Waals surface area contributed by atoms with Gasteiger partial charge in [0.15, 0.2) is 11.5 Å². The SMILES string of the molecule is COc1cc2nccc(Oc3ccc(NC(=O)OCCN4CCCCC4)c(C)c3C)c2cc1OC. The summed E-state index contributed by atoms with van der Waals surface area (Å²) >= 11 is 0. The minimum absolute atomic E-state index is 0.383. The van der Waals surface area contributed by atoms with E-state index in [4.69, 9.17) is 18.9 Å². The molecule has 1 N–H and O–H groups in total. The number of benzene rings is 2. The smallest absolute Gasteiger partial charge is 0.411 e. The van der Waals surface area contributed by atoms with Crippen molar-refractivity contribution in [2.45, 2.75) is 33.1 Å². The van der Waals surface area contributed by atoms with E-state index in [1.807, 2.05) is 44.2 Å². The number of aromatic nitrogens is 1. The van der Waals surface area contributed by atoms with Crippen LogP contribution < -0.4 is 19.5 Å². The lowest BCUT2D eigenvalue weighted by Gasteiger charge is -2.25. The number of anilines is 1. The number of piperidine rings is 1. The van der Waals surface area contributed by atoms with E-state index in [9.17, 15) is 4.79 Å². The van der Waals surface area contributed by atoms with E-state index in [2.05, 4.69) is 15.2 Å². The van der Waals surface area contributed by atoms with Gasteiger partial charge in [-0.25, -0.2) is 4.79 Å². The number of ether oxygens (including phenoxy) is 4. The van der Waals surface area contributed by atoms with Crippen LogP contribution in [-0.2, 0) is 4.74 Å². The first-order chi connectivity index (χ1) is 17.0. The van der Waals surface area contributed by atoms with Crippen molar-refractivity contribution in [2.24, 2.45) is 0 Å². The van der Waals surface area contributed by atoms with Gasteiger partial charge in [-0.3, -0.25) is 15.2 Å². The Morgan fingerprint density at radius 2 is 1.69 bits per heavy atom. The Morgan fingerprint density at radius 1 is 0.943 bits per heavy atom. The second-order valence-electron chi connectivity index (χ2n) is 8.66. The number of hydrogen-bond donors (Lipinski definition) is 1. The minimum Gasteiger partial charge on any atom is -0.493 e. The van der Waals surface area contributed by atoms with Crippen LogP contribution in [0.25, 0.3) is 10.9 Å². The van der Waals surface area contributed by atoms with Crippen LogP contribution in [0.3, 0.4) is 0 Å². The fourth-order valence-corrected chi connectivity index (χ4v) is 4.29. The molecule has 0 spiro atoms. The highest BCUT2D eigenvalue weighted by Gasteiger charge is 2.15. The molecular formula is C27H33N3O5. The van der Waals surface area contributed by atoms with Gasteiger partial charge >= 0.3 is 6.09 Å². The van der Waals surface area contributed by atoms with Crippen LogP contribution in [-0.4, -0.2) is 56.4 Å². The monoisotopic (exact) mass is 479 g/mol. The first-order valence-electron chi connectivity index (χ1n) is 11.9. The van der Waals surface area contributed by atoms with Crippen LogP contribution in [0.15, 0.2) is 36.5 Å². The summed E-state index contributed by atoms with van der Waals surface area (Å²) in [6.07, 6.45) is 4.98. The summed E-state index contributed by atoms with van der Waals surface area (Å²) < 4.78 is 22.5. The maximum atomic E-state index is 12.3. The number of likely N-dealkylation sites (tertiary alicyclic amines) is 1. The predicted molar refractivity (Wildman–Crippen MR) is 136 cm³/mol. The highest BCUT2D eigenvalue weighted by atomic mass is 16.5. The molecule has 0 atom stereocenters. The van der Waals surface area contributed by atoms with Gasteiger partial charge in [0, 0.05) is 29.9 Å². The maximum Gasteiger partial charge on any atom is 0.411 e. The molecule has 8 heteroatoms. The summed E-state index contributed by atoms with van der Waals surface area (Å²) in [7, 11) is 3.19. The fourth-order valence-electron chi connectivity index (χ4n) is 4.29. The first kappa shape index (κ1) is 24.6. The maximum absolute atomic E-state index is 12.3. The van der Waals surface area contributed by atoms with E-state index in [0.717, 1.165) is 41.7 Å². The number of carbonyl (C=O) groups excluding carboxylic acids is 1. The van der Waals surface area contributed by atoms with Crippen LogP contribution in [0.5, 0.6) is 23.0 Å². The van der Waals surface area contributed by atoms with Crippen LogP contribution in [0, 0.1) is 13.8 Å². The van der Waals surface area contributed by atoms with Crippen LogP contribution in [0.2, 0.25) is 0 Å². The fraction of sp³-hybridized carbons (Fsp3) is 0.407. The Bertz CT molecular complexity index is 1190. The number of methoxy groups -OCH3 is 2. The minimum atomic E-state index is -0.445. The molecule has 0 saturated carbocycles. The third kappa shape index (κ3) is 5.77. The van der Waals surface area contributed by atoms with Gasteiger partial charge in [-0.1, -0.05) is 6.42 Å². The number of rotatable bonds is 8. The molecule has 1 saturated heterocycles. The van der Waals surface area contributed by atoms with E-state index in [-0.39, 0.29) is 0 Å². The molecule has 186 valence electrons. The molecule has 1 amide bonds. The van der Waals surface area contributed by atoms with E-state index in [0.29, 0.717) is 35.3 Å². The Balaban J connectivity index is 1.45. The highest BCUT2D eigenvalue weighted by Crippen LogP contribution is 2.38. The Kier molecular flexibility index (Phi) is 7.92. The third-order valence-corrected chi connectivity index (χ3v) is 6.49. The van der Waals surface area contributed by atoms with Crippen LogP contribution in [0.4, 0.5) is 10.5 Å². The van der Waals surface area contributed by atoms with Gasteiger partial charge in [-0.05, 0) is 75.2 Å². The number of pyridine rings is 1. The molecule has 1 aliphatic rings. The average Bonchev–Trinajstić information content (AvgIpc) is 2.88. The third-order valence-electron chi connectivity index (χ3n) is 6.49.